The largest absolute Gasteiger partial charge is 0.467 e. The topological polar surface area (TPSA) is 72.6 Å². The average Bonchev–Trinajstić information content (AvgIpc) is 2.54. The summed E-state index contributed by atoms with van der Waals surface area (Å²) in [6, 6.07) is 8.72. The zero-order chi connectivity index (χ0) is 15.2. The van der Waals surface area contributed by atoms with Crippen molar-refractivity contribution in [3.63, 3.8) is 0 Å². The Kier molecular flexibility index (Phi) is 5.33. The predicted octanol–water partition coefficient (Wildman–Crippen LogP) is 1.63. The molecule has 0 aliphatic carbocycles. The molecule has 0 radical (unpaired) electrons. The molecule has 21 heavy (non-hydrogen) atoms. The standard InChI is InChI=1S/C16H22N2O3/c1-21-16(20)14-9-5-6-10-18(14)15(19)11-13(17)12-7-3-2-4-8-12/h2-4,7-8,13-14H,5-6,9-11,17H2,1H3. The minimum absolute atomic E-state index is 0.0820. The second kappa shape index (κ2) is 7.22. The van der Waals surface area contributed by atoms with Crippen LogP contribution in [0.4, 0.5) is 0 Å². The summed E-state index contributed by atoms with van der Waals surface area (Å²) in [5.41, 5.74) is 7.02. The number of piperidine rings is 1. The van der Waals surface area contributed by atoms with Crippen LogP contribution < -0.4 is 5.73 Å². The molecular weight excluding hydrogens is 268 g/mol. The van der Waals surface area contributed by atoms with Crippen LogP contribution in [0, 0.1) is 0 Å². The Balaban J connectivity index is 2.02. The van der Waals surface area contributed by atoms with Gasteiger partial charge in [-0.3, -0.25) is 4.79 Å². The van der Waals surface area contributed by atoms with Gasteiger partial charge in [-0.2, -0.15) is 0 Å². The molecule has 1 aromatic rings. The molecule has 5 nitrogen and oxygen atoms in total. The van der Waals surface area contributed by atoms with Crippen molar-refractivity contribution in [2.24, 2.45) is 5.73 Å². The highest BCUT2D eigenvalue weighted by atomic mass is 16.5. The number of methoxy groups -OCH3 is 1. The molecule has 2 rings (SSSR count). The van der Waals surface area contributed by atoms with Crippen LogP contribution in [0.15, 0.2) is 30.3 Å². The van der Waals surface area contributed by atoms with Crippen LogP contribution in [0.25, 0.3) is 0 Å². The first kappa shape index (κ1) is 15.5. The fourth-order valence-corrected chi connectivity index (χ4v) is 2.73. The number of likely N-dealkylation sites (tertiary alicyclic amines) is 1. The summed E-state index contributed by atoms with van der Waals surface area (Å²) in [5, 5.41) is 0. The molecule has 2 unspecified atom stereocenters. The Morgan fingerprint density at radius 3 is 2.71 bits per heavy atom. The molecule has 0 saturated carbocycles. The Morgan fingerprint density at radius 1 is 1.33 bits per heavy atom. The van der Waals surface area contributed by atoms with Gasteiger partial charge in [0.05, 0.1) is 7.11 Å². The first-order valence-corrected chi connectivity index (χ1v) is 7.31. The van der Waals surface area contributed by atoms with Crippen LogP contribution in [0.2, 0.25) is 0 Å². The molecule has 114 valence electrons. The number of benzene rings is 1. The fraction of sp³-hybridized carbons (Fsp3) is 0.500. The maximum absolute atomic E-state index is 12.5. The van der Waals surface area contributed by atoms with E-state index < -0.39 is 6.04 Å². The Labute approximate surface area is 125 Å². The molecule has 1 amide bonds. The van der Waals surface area contributed by atoms with Crippen molar-refractivity contribution in [3.05, 3.63) is 35.9 Å². The first-order valence-electron chi connectivity index (χ1n) is 7.31. The number of nitrogens with two attached hydrogens (primary N) is 1. The van der Waals surface area contributed by atoms with E-state index in [0.717, 1.165) is 18.4 Å². The smallest absolute Gasteiger partial charge is 0.328 e. The monoisotopic (exact) mass is 290 g/mol. The molecule has 0 spiro atoms. The van der Waals surface area contributed by atoms with E-state index in [1.807, 2.05) is 30.3 Å². The van der Waals surface area contributed by atoms with Crippen molar-refractivity contribution in [2.75, 3.05) is 13.7 Å². The highest BCUT2D eigenvalue weighted by Crippen LogP contribution is 2.22. The van der Waals surface area contributed by atoms with E-state index in [4.69, 9.17) is 10.5 Å². The molecule has 0 aromatic heterocycles. The number of carbonyl (C=O) groups excluding carboxylic acids is 2. The summed E-state index contributed by atoms with van der Waals surface area (Å²) < 4.78 is 4.80. The third kappa shape index (κ3) is 3.82. The van der Waals surface area contributed by atoms with Gasteiger partial charge >= 0.3 is 5.97 Å². The van der Waals surface area contributed by atoms with Crippen molar-refractivity contribution in [3.8, 4) is 0 Å². The zero-order valence-electron chi connectivity index (χ0n) is 12.3. The lowest BCUT2D eigenvalue weighted by atomic mass is 9.99. The number of carbonyl (C=O) groups is 2. The molecule has 2 N–H and O–H groups in total. The minimum atomic E-state index is -0.459. The number of esters is 1. The van der Waals surface area contributed by atoms with Crippen LogP contribution in [-0.2, 0) is 14.3 Å². The number of hydrogen-bond acceptors (Lipinski definition) is 4. The van der Waals surface area contributed by atoms with E-state index in [1.54, 1.807) is 4.90 Å². The van der Waals surface area contributed by atoms with Crippen molar-refractivity contribution < 1.29 is 14.3 Å². The lowest BCUT2D eigenvalue weighted by Gasteiger charge is -2.34. The third-order valence-corrected chi connectivity index (χ3v) is 3.92. The van der Waals surface area contributed by atoms with Crippen LogP contribution in [0.5, 0.6) is 0 Å². The van der Waals surface area contributed by atoms with Crippen LogP contribution in [0.3, 0.4) is 0 Å². The molecule has 1 aliphatic heterocycles. The fourth-order valence-electron chi connectivity index (χ4n) is 2.73. The number of amides is 1. The molecule has 0 bridgehead atoms. The zero-order valence-corrected chi connectivity index (χ0v) is 12.3. The van der Waals surface area contributed by atoms with E-state index in [9.17, 15) is 9.59 Å². The van der Waals surface area contributed by atoms with Crippen molar-refractivity contribution in [1.82, 2.24) is 4.90 Å². The van der Waals surface area contributed by atoms with E-state index in [0.29, 0.717) is 13.0 Å². The normalized spacial score (nSPS) is 19.9. The Hall–Kier alpha value is -1.88. The van der Waals surface area contributed by atoms with Crippen LogP contribution in [-0.4, -0.2) is 36.5 Å². The van der Waals surface area contributed by atoms with Gasteiger partial charge in [-0.1, -0.05) is 30.3 Å². The van der Waals surface area contributed by atoms with Crippen LogP contribution in [0.1, 0.15) is 37.3 Å². The quantitative estimate of drug-likeness (QED) is 0.855. The maximum Gasteiger partial charge on any atom is 0.328 e. The van der Waals surface area contributed by atoms with Gasteiger partial charge in [0.2, 0.25) is 5.91 Å². The van der Waals surface area contributed by atoms with Gasteiger partial charge in [0.15, 0.2) is 0 Å². The predicted molar refractivity (Wildman–Crippen MR) is 79.4 cm³/mol. The summed E-state index contributed by atoms with van der Waals surface area (Å²) in [4.78, 5) is 25.9. The molecule has 1 saturated heterocycles. The summed E-state index contributed by atoms with van der Waals surface area (Å²) in [7, 11) is 1.36. The van der Waals surface area contributed by atoms with Crippen LogP contribution >= 0.6 is 0 Å². The maximum atomic E-state index is 12.5. The van der Waals surface area contributed by atoms with Gasteiger partial charge in [0.25, 0.3) is 0 Å². The van der Waals surface area contributed by atoms with Gasteiger partial charge in [-0.05, 0) is 24.8 Å². The number of rotatable bonds is 4. The Bertz CT molecular complexity index is 490. The van der Waals surface area contributed by atoms with Crippen molar-refractivity contribution in [1.29, 1.82) is 0 Å². The lowest BCUT2D eigenvalue weighted by Crippen LogP contribution is -2.49. The van der Waals surface area contributed by atoms with E-state index in [-0.39, 0.29) is 24.3 Å². The van der Waals surface area contributed by atoms with E-state index in [2.05, 4.69) is 0 Å². The van der Waals surface area contributed by atoms with Gasteiger partial charge in [0, 0.05) is 19.0 Å². The molecule has 1 heterocycles. The summed E-state index contributed by atoms with van der Waals surface area (Å²) in [6.07, 6.45) is 2.73. The highest BCUT2D eigenvalue weighted by Gasteiger charge is 2.33. The second-order valence-corrected chi connectivity index (χ2v) is 5.34. The van der Waals surface area contributed by atoms with Gasteiger partial charge < -0.3 is 15.4 Å². The highest BCUT2D eigenvalue weighted by molar-refractivity contribution is 5.85. The average molecular weight is 290 g/mol. The molecule has 2 atom stereocenters. The van der Waals surface area contributed by atoms with Gasteiger partial charge in [-0.15, -0.1) is 0 Å². The Morgan fingerprint density at radius 2 is 2.05 bits per heavy atom. The second-order valence-electron chi connectivity index (χ2n) is 5.34. The molecule has 1 fully saturated rings. The van der Waals surface area contributed by atoms with E-state index in [1.165, 1.54) is 7.11 Å². The van der Waals surface area contributed by atoms with Gasteiger partial charge in [0.1, 0.15) is 6.04 Å². The van der Waals surface area contributed by atoms with Crippen molar-refractivity contribution in [2.45, 2.75) is 37.8 Å². The molecular formula is C16H22N2O3. The molecule has 1 aromatic carbocycles. The lowest BCUT2D eigenvalue weighted by molar-refractivity contribution is -0.154. The summed E-state index contributed by atoms with van der Waals surface area (Å²) in [6.45, 7) is 0.597. The summed E-state index contributed by atoms with van der Waals surface area (Å²) in [5.74, 6) is -0.419. The number of nitrogens with zero attached hydrogens (tertiary/aromatic N) is 1. The molecule has 1 aliphatic rings. The third-order valence-electron chi connectivity index (χ3n) is 3.92. The summed E-state index contributed by atoms with van der Waals surface area (Å²) >= 11 is 0. The van der Waals surface area contributed by atoms with E-state index >= 15 is 0 Å². The first-order chi connectivity index (χ1) is 10.1. The molecule has 5 heteroatoms. The minimum Gasteiger partial charge on any atom is -0.467 e. The number of ether oxygens (including phenoxy) is 1. The SMILES string of the molecule is COC(=O)C1CCCCN1C(=O)CC(N)c1ccccc1. The van der Waals surface area contributed by atoms with Crippen molar-refractivity contribution >= 4 is 11.9 Å². The number of hydrogen-bond donors (Lipinski definition) is 1. The van der Waals surface area contributed by atoms with Gasteiger partial charge in [-0.25, -0.2) is 4.79 Å².